The van der Waals surface area contributed by atoms with Crippen LogP contribution in [0.4, 0.5) is 0 Å². The highest BCUT2D eigenvalue weighted by molar-refractivity contribution is 7.13. The summed E-state index contributed by atoms with van der Waals surface area (Å²) in [5.41, 5.74) is 1.68. The summed E-state index contributed by atoms with van der Waals surface area (Å²) < 4.78 is 0. The minimum atomic E-state index is -0.903. The van der Waals surface area contributed by atoms with Crippen molar-refractivity contribution >= 4 is 40.2 Å². The molecule has 2 rings (SSSR count). The molecule has 2 heterocycles. The molecule has 0 fully saturated rings. The van der Waals surface area contributed by atoms with E-state index in [0.717, 1.165) is 35.1 Å². The molecular formula is C12H13ClN2O2S2. The van der Waals surface area contributed by atoms with E-state index in [0.29, 0.717) is 10.6 Å². The Labute approximate surface area is 124 Å². The number of carbonyl (C=O) groups is 1. The predicted octanol–water partition coefficient (Wildman–Crippen LogP) is 3.20. The van der Waals surface area contributed by atoms with Gasteiger partial charge in [0.1, 0.15) is 4.88 Å². The van der Waals surface area contributed by atoms with Crippen molar-refractivity contribution in [2.24, 2.45) is 0 Å². The van der Waals surface area contributed by atoms with Gasteiger partial charge >= 0.3 is 5.97 Å². The van der Waals surface area contributed by atoms with Gasteiger partial charge in [0, 0.05) is 24.9 Å². The molecule has 0 aliphatic carbocycles. The minimum absolute atomic E-state index is 0.330. The molecule has 0 atom stereocenters. The van der Waals surface area contributed by atoms with Crippen LogP contribution in [-0.4, -0.2) is 22.6 Å². The summed E-state index contributed by atoms with van der Waals surface area (Å²) in [5, 5.41) is 17.8. The minimum Gasteiger partial charge on any atom is -0.477 e. The van der Waals surface area contributed by atoms with E-state index in [-0.39, 0.29) is 0 Å². The number of hydrogen-bond donors (Lipinski definition) is 2. The lowest BCUT2D eigenvalue weighted by Gasteiger charge is -2.01. The molecule has 102 valence electrons. The van der Waals surface area contributed by atoms with Crippen LogP contribution in [0.2, 0.25) is 5.02 Å². The Morgan fingerprint density at radius 1 is 1.53 bits per heavy atom. The Hall–Kier alpha value is -0.950. The van der Waals surface area contributed by atoms with E-state index in [1.807, 2.05) is 10.8 Å². The van der Waals surface area contributed by atoms with Crippen LogP contribution in [0.5, 0.6) is 0 Å². The molecule has 0 amide bonds. The number of aryl methyl sites for hydroxylation is 1. The van der Waals surface area contributed by atoms with Gasteiger partial charge in [-0.25, -0.2) is 9.78 Å². The SMILES string of the molecule is Cc1nc(CCNCc2cscc2Cl)sc1C(=O)O. The average Bonchev–Trinajstić information content (AvgIpc) is 2.91. The van der Waals surface area contributed by atoms with Crippen molar-refractivity contribution in [3.05, 3.63) is 36.9 Å². The Balaban J connectivity index is 1.81. The Kier molecular flexibility index (Phi) is 4.93. The van der Waals surface area contributed by atoms with Crippen LogP contribution in [0.1, 0.15) is 25.9 Å². The van der Waals surface area contributed by atoms with Gasteiger partial charge in [0.2, 0.25) is 0 Å². The van der Waals surface area contributed by atoms with Crippen LogP contribution < -0.4 is 5.32 Å². The number of halogens is 1. The van der Waals surface area contributed by atoms with Gasteiger partial charge in [-0.1, -0.05) is 11.6 Å². The summed E-state index contributed by atoms with van der Waals surface area (Å²) in [6, 6.07) is 0. The normalized spacial score (nSPS) is 10.8. The van der Waals surface area contributed by atoms with E-state index in [4.69, 9.17) is 16.7 Å². The number of hydrogen-bond acceptors (Lipinski definition) is 5. The first-order chi connectivity index (χ1) is 9.08. The molecule has 0 aliphatic heterocycles. The van der Waals surface area contributed by atoms with E-state index in [1.165, 1.54) is 11.3 Å². The van der Waals surface area contributed by atoms with E-state index < -0.39 is 5.97 Å². The van der Waals surface area contributed by atoms with Crippen molar-refractivity contribution in [3.63, 3.8) is 0 Å². The van der Waals surface area contributed by atoms with Crippen molar-refractivity contribution < 1.29 is 9.90 Å². The van der Waals surface area contributed by atoms with Gasteiger partial charge < -0.3 is 10.4 Å². The molecule has 2 aromatic heterocycles. The fourth-order valence-electron chi connectivity index (χ4n) is 1.61. The molecule has 2 N–H and O–H groups in total. The first-order valence-corrected chi connectivity index (χ1v) is 7.82. The Morgan fingerprint density at radius 2 is 2.32 bits per heavy atom. The standard InChI is InChI=1S/C12H13ClN2O2S2/c1-7-11(12(16)17)19-10(15-7)2-3-14-4-8-5-18-6-9(8)13/h5-6,14H,2-4H2,1H3,(H,16,17). The number of aromatic carboxylic acids is 1. The largest absolute Gasteiger partial charge is 0.477 e. The number of rotatable bonds is 6. The first kappa shape index (κ1) is 14.5. The quantitative estimate of drug-likeness (QED) is 0.803. The number of thiazole rings is 1. The van der Waals surface area contributed by atoms with Crippen LogP contribution in [0, 0.1) is 6.92 Å². The van der Waals surface area contributed by atoms with Crippen molar-refractivity contribution in [2.45, 2.75) is 19.9 Å². The molecule has 7 heteroatoms. The smallest absolute Gasteiger partial charge is 0.347 e. The second-order valence-electron chi connectivity index (χ2n) is 4.00. The summed E-state index contributed by atoms with van der Waals surface area (Å²) in [6.45, 7) is 3.19. The fraction of sp³-hybridized carbons (Fsp3) is 0.333. The molecule has 2 aromatic rings. The second kappa shape index (κ2) is 6.47. The number of nitrogens with zero attached hydrogens (tertiary/aromatic N) is 1. The maximum Gasteiger partial charge on any atom is 0.347 e. The molecule has 0 saturated carbocycles. The maximum absolute atomic E-state index is 10.9. The third kappa shape index (κ3) is 3.76. The van der Waals surface area contributed by atoms with Crippen LogP contribution in [0.15, 0.2) is 10.8 Å². The highest BCUT2D eigenvalue weighted by Crippen LogP contribution is 2.20. The van der Waals surface area contributed by atoms with E-state index in [9.17, 15) is 4.79 Å². The summed E-state index contributed by atoms with van der Waals surface area (Å²) in [4.78, 5) is 15.5. The summed E-state index contributed by atoms with van der Waals surface area (Å²) >= 11 is 8.82. The summed E-state index contributed by atoms with van der Waals surface area (Å²) in [7, 11) is 0. The van der Waals surface area contributed by atoms with Gasteiger partial charge in [-0.05, 0) is 17.9 Å². The lowest BCUT2D eigenvalue weighted by molar-refractivity contribution is 0.0701. The zero-order chi connectivity index (χ0) is 13.8. The number of carboxylic acid groups (broad SMARTS) is 1. The van der Waals surface area contributed by atoms with Crippen LogP contribution in [0.25, 0.3) is 0 Å². The molecular weight excluding hydrogens is 304 g/mol. The number of nitrogens with one attached hydrogen (secondary N) is 1. The highest BCUT2D eigenvalue weighted by atomic mass is 35.5. The third-order valence-electron chi connectivity index (χ3n) is 2.55. The average molecular weight is 317 g/mol. The van der Waals surface area contributed by atoms with E-state index >= 15 is 0 Å². The molecule has 0 saturated heterocycles. The molecule has 0 unspecified atom stereocenters. The molecule has 0 aliphatic rings. The zero-order valence-corrected chi connectivity index (χ0v) is 12.7. The first-order valence-electron chi connectivity index (χ1n) is 5.69. The van der Waals surface area contributed by atoms with Crippen molar-refractivity contribution in [3.8, 4) is 0 Å². The van der Waals surface area contributed by atoms with Crippen LogP contribution in [0.3, 0.4) is 0 Å². The van der Waals surface area contributed by atoms with Crippen molar-refractivity contribution in [1.82, 2.24) is 10.3 Å². The molecule has 0 radical (unpaired) electrons. The van der Waals surface area contributed by atoms with E-state index in [2.05, 4.69) is 10.3 Å². The van der Waals surface area contributed by atoms with Crippen molar-refractivity contribution in [2.75, 3.05) is 6.54 Å². The van der Waals surface area contributed by atoms with Gasteiger partial charge in [-0.3, -0.25) is 0 Å². The van der Waals surface area contributed by atoms with Gasteiger partial charge in [-0.15, -0.1) is 11.3 Å². The van der Waals surface area contributed by atoms with Crippen LogP contribution >= 0.6 is 34.3 Å². The monoisotopic (exact) mass is 316 g/mol. The second-order valence-corrected chi connectivity index (χ2v) is 6.23. The molecule has 0 spiro atoms. The van der Waals surface area contributed by atoms with E-state index in [1.54, 1.807) is 18.3 Å². The number of aromatic nitrogens is 1. The fourth-order valence-corrected chi connectivity index (χ4v) is 3.57. The maximum atomic E-state index is 10.9. The van der Waals surface area contributed by atoms with Crippen molar-refractivity contribution in [1.29, 1.82) is 0 Å². The molecule has 4 nitrogen and oxygen atoms in total. The lowest BCUT2D eigenvalue weighted by Crippen LogP contribution is -2.16. The van der Waals surface area contributed by atoms with Gasteiger partial charge in [0.15, 0.2) is 0 Å². The third-order valence-corrected chi connectivity index (χ3v) is 5.03. The number of carboxylic acids is 1. The lowest BCUT2D eigenvalue weighted by atomic mass is 10.3. The Morgan fingerprint density at radius 3 is 2.89 bits per heavy atom. The number of thiophene rings is 1. The predicted molar refractivity (Wildman–Crippen MR) is 78.6 cm³/mol. The molecule has 0 bridgehead atoms. The topological polar surface area (TPSA) is 62.2 Å². The van der Waals surface area contributed by atoms with Gasteiger partial charge in [-0.2, -0.15) is 11.3 Å². The zero-order valence-electron chi connectivity index (χ0n) is 10.3. The van der Waals surface area contributed by atoms with Gasteiger partial charge in [0.25, 0.3) is 0 Å². The summed E-state index contributed by atoms with van der Waals surface area (Å²) in [6.07, 6.45) is 0.723. The van der Waals surface area contributed by atoms with Gasteiger partial charge in [0.05, 0.1) is 15.7 Å². The molecule has 0 aromatic carbocycles. The molecule has 19 heavy (non-hydrogen) atoms. The Bertz CT molecular complexity index is 580. The summed E-state index contributed by atoms with van der Waals surface area (Å²) in [5.74, 6) is -0.903. The highest BCUT2D eigenvalue weighted by Gasteiger charge is 2.13. The van der Waals surface area contributed by atoms with Crippen LogP contribution in [-0.2, 0) is 13.0 Å².